The number of imidazole rings is 1. The van der Waals surface area contributed by atoms with Crippen molar-refractivity contribution in [1.82, 2.24) is 25.2 Å². The molecule has 0 saturated carbocycles. The van der Waals surface area contributed by atoms with Crippen molar-refractivity contribution in [2.45, 2.75) is 19.5 Å². The Labute approximate surface area is 189 Å². The van der Waals surface area contributed by atoms with Crippen molar-refractivity contribution in [3.8, 4) is 0 Å². The molecule has 1 aromatic carbocycles. The van der Waals surface area contributed by atoms with Crippen LogP contribution < -0.4 is 15.5 Å². The minimum atomic E-state index is -0.381. The van der Waals surface area contributed by atoms with Crippen LogP contribution in [0.15, 0.2) is 49.2 Å². The number of nitrogens with zero attached hydrogens (tertiary/aromatic N) is 4. The molecule has 0 aliphatic rings. The van der Waals surface area contributed by atoms with E-state index in [-0.39, 0.29) is 24.3 Å². The predicted octanol–water partition coefficient (Wildman–Crippen LogP) is 2.66. The van der Waals surface area contributed by atoms with Gasteiger partial charge in [-0.3, -0.25) is 9.69 Å². The molecular weight excluding hydrogens is 435 g/mol. The summed E-state index contributed by atoms with van der Waals surface area (Å²) in [6, 6.07) is 5.49. The maximum atomic E-state index is 13.2. The Morgan fingerprint density at radius 2 is 2.03 bits per heavy atom. The van der Waals surface area contributed by atoms with Gasteiger partial charge < -0.3 is 19.9 Å². The van der Waals surface area contributed by atoms with E-state index < -0.39 is 0 Å². The topological polar surface area (TPSA) is 101 Å². The van der Waals surface area contributed by atoms with Crippen LogP contribution in [0.3, 0.4) is 0 Å². The number of nitrogens with one attached hydrogen (secondary N) is 2. The zero-order chi connectivity index (χ0) is 22.8. The lowest BCUT2D eigenvalue weighted by Gasteiger charge is -2.20. The van der Waals surface area contributed by atoms with E-state index in [1.807, 2.05) is 10.8 Å². The number of hydrogen-bond acceptors (Lipinski definition) is 6. The maximum absolute atomic E-state index is 13.2. The molecule has 0 spiro atoms. The first-order chi connectivity index (χ1) is 15.6. The quantitative estimate of drug-likeness (QED) is 0.429. The molecule has 2 heterocycles. The van der Waals surface area contributed by atoms with E-state index >= 15 is 0 Å². The van der Waals surface area contributed by atoms with Gasteiger partial charge in [-0.2, -0.15) is 0 Å². The van der Waals surface area contributed by atoms with E-state index in [9.17, 15) is 14.0 Å². The summed E-state index contributed by atoms with van der Waals surface area (Å²) >= 11 is 1.12. The van der Waals surface area contributed by atoms with Crippen molar-refractivity contribution >= 4 is 28.4 Å². The third-order valence-corrected chi connectivity index (χ3v) is 5.49. The van der Waals surface area contributed by atoms with Crippen molar-refractivity contribution in [1.29, 1.82) is 0 Å². The van der Waals surface area contributed by atoms with Gasteiger partial charge in [0.15, 0.2) is 5.13 Å². The molecule has 0 aliphatic heterocycles. The second kappa shape index (κ2) is 11.9. The van der Waals surface area contributed by atoms with Crippen LogP contribution in [0.1, 0.15) is 21.7 Å². The maximum Gasteiger partial charge on any atom is 0.324 e. The van der Waals surface area contributed by atoms with E-state index in [4.69, 9.17) is 4.74 Å². The first-order valence-electron chi connectivity index (χ1n) is 10.1. The molecule has 0 radical (unpaired) electrons. The molecule has 9 nitrogen and oxygen atoms in total. The summed E-state index contributed by atoms with van der Waals surface area (Å²) in [5.74, 6) is -0.605. The molecule has 0 bridgehead atoms. The zero-order valence-corrected chi connectivity index (χ0v) is 18.5. The minimum Gasteiger partial charge on any atom is -0.383 e. The Balaban J connectivity index is 1.62. The molecule has 170 valence electrons. The second-order valence-corrected chi connectivity index (χ2v) is 7.86. The van der Waals surface area contributed by atoms with E-state index in [1.54, 1.807) is 31.8 Å². The summed E-state index contributed by atoms with van der Waals surface area (Å²) in [6.45, 7) is 2.12. The Bertz CT molecular complexity index is 993. The highest BCUT2D eigenvalue weighted by molar-refractivity contribution is 7.17. The third kappa shape index (κ3) is 6.86. The molecule has 2 aromatic heterocycles. The molecule has 32 heavy (non-hydrogen) atoms. The smallest absolute Gasteiger partial charge is 0.324 e. The van der Waals surface area contributed by atoms with Crippen LogP contribution in [0.2, 0.25) is 0 Å². The lowest BCUT2D eigenvalue weighted by Crippen LogP contribution is -2.41. The summed E-state index contributed by atoms with van der Waals surface area (Å²) in [6.07, 6.45) is 7.51. The number of urea groups is 1. The molecule has 2 N–H and O–H groups in total. The third-order valence-electron chi connectivity index (χ3n) is 4.47. The molecule has 11 heteroatoms. The number of benzene rings is 1. The van der Waals surface area contributed by atoms with Gasteiger partial charge in [0.25, 0.3) is 5.91 Å². The average molecular weight is 461 g/mol. The molecule has 0 atom stereocenters. The Morgan fingerprint density at radius 3 is 2.75 bits per heavy atom. The number of ether oxygens (including phenoxy) is 1. The summed E-state index contributed by atoms with van der Waals surface area (Å²) in [5, 5.41) is 5.98. The van der Waals surface area contributed by atoms with Gasteiger partial charge in [0.1, 0.15) is 10.7 Å². The van der Waals surface area contributed by atoms with Gasteiger partial charge in [-0.15, -0.1) is 0 Å². The Hall–Kier alpha value is -3.31. The van der Waals surface area contributed by atoms with Crippen LogP contribution in [0, 0.1) is 5.82 Å². The SMILES string of the molecule is COCCNC(=O)N(Cc1ccc(F)cc1)c1ncc(C(=O)NCCCn2ccnc2)s1. The van der Waals surface area contributed by atoms with Crippen LogP contribution in [0.5, 0.6) is 0 Å². The number of methoxy groups -OCH3 is 1. The number of carbonyl (C=O) groups excluding carboxylic acids is 2. The normalized spacial score (nSPS) is 10.7. The number of carbonyl (C=O) groups is 2. The van der Waals surface area contributed by atoms with Crippen LogP contribution in [-0.4, -0.2) is 53.3 Å². The first kappa shape index (κ1) is 23.4. The van der Waals surface area contributed by atoms with E-state index in [0.717, 1.165) is 29.9 Å². The van der Waals surface area contributed by atoms with Gasteiger partial charge in [-0.25, -0.2) is 19.2 Å². The lowest BCUT2D eigenvalue weighted by atomic mass is 10.2. The number of aryl methyl sites for hydroxylation is 1. The molecule has 0 saturated heterocycles. The molecule has 0 unspecified atom stereocenters. The first-order valence-corrected chi connectivity index (χ1v) is 10.9. The summed E-state index contributed by atoms with van der Waals surface area (Å²) in [5.41, 5.74) is 0.731. The number of halogens is 1. The molecule has 3 rings (SSSR count). The number of amides is 3. The highest BCUT2D eigenvalue weighted by Crippen LogP contribution is 2.24. The highest BCUT2D eigenvalue weighted by atomic mass is 32.1. The van der Waals surface area contributed by atoms with Crippen molar-refractivity contribution in [3.05, 3.63) is 65.4 Å². The number of thiazole rings is 1. The summed E-state index contributed by atoms with van der Waals surface area (Å²) < 4.78 is 20.2. The lowest BCUT2D eigenvalue weighted by molar-refractivity contribution is 0.0956. The van der Waals surface area contributed by atoms with Crippen LogP contribution in [0.25, 0.3) is 0 Å². The monoisotopic (exact) mass is 460 g/mol. The van der Waals surface area contributed by atoms with Gasteiger partial charge >= 0.3 is 6.03 Å². The van der Waals surface area contributed by atoms with Gasteiger partial charge in [0, 0.05) is 39.1 Å². The fourth-order valence-corrected chi connectivity index (χ4v) is 3.65. The molecular formula is C21H25FN6O3S. The summed E-state index contributed by atoms with van der Waals surface area (Å²) in [4.78, 5) is 35.3. The molecule has 3 amide bonds. The molecule has 3 aromatic rings. The largest absolute Gasteiger partial charge is 0.383 e. The predicted molar refractivity (Wildman–Crippen MR) is 119 cm³/mol. The average Bonchev–Trinajstić information content (AvgIpc) is 3.49. The van der Waals surface area contributed by atoms with Gasteiger partial charge in [-0.1, -0.05) is 23.5 Å². The van der Waals surface area contributed by atoms with Crippen LogP contribution >= 0.6 is 11.3 Å². The minimum absolute atomic E-state index is 0.179. The number of hydrogen-bond donors (Lipinski definition) is 2. The number of rotatable bonds is 11. The van der Waals surface area contributed by atoms with Crippen molar-refractivity contribution in [2.24, 2.45) is 0 Å². The summed E-state index contributed by atoms with van der Waals surface area (Å²) in [7, 11) is 1.55. The van der Waals surface area contributed by atoms with Crippen molar-refractivity contribution in [3.63, 3.8) is 0 Å². The van der Waals surface area contributed by atoms with Crippen molar-refractivity contribution < 1.29 is 18.7 Å². The van der Waals surface area contributed by atoms with E-state index in [0.29, 0.717) is 29.7 Å². The zero-order valence-electron chi connectivity index (χ0n) is 17.7. The van der Waals surface area contributed by atoms with Gasteiger partial charge in [0.05, 0.1) is 25.7 Å². The van der Waals surface area contributed by atoms with Gasteiger partial charge in [0.2, 0.25) is 0 Å². The second-order valence-electron chi connectivity index (χ2n) is 6.85. The number of anilines is 1. The molecule has 0 fully saturated rings. The van der Waals surface area contributed by atoms with Crippen LogP contribution in [0.4, 0.5) is 14.3 Å². The Kier molecular flexibility index (Phi) is 8.70. The molecule has 0 aliphatic carbocycles. The van der Waals surface area contributed by atoms with Gasteiger partial charge in [-0.05, 0) is 24.1 Å². The fraction of sp³-hybridized carbons (Fsp3) is 0.333. The number of aromatic nitrogens is 3. The van der Waals surface area contributed by atoms with Crippen LogP contribution in [-0.2, 0) is 17.8 Å². The Morgan fingerprint density at radius 1 is 1.22 bits per heavy atom. The highest BCUT2D eigenvalue weighted by Gasteiger charge is 2.21. The van der Waals surface area contributed by atoms with E-state index in [2.05, 4.69) is 20.6 Å². The van der Waals surface area contributed by atoms with E-state index in [1.165, 1.54) is 23.2 Å². The fourth-order valence-electron chi connectivity index (χ4n) is 2.82. The standard InChI is InChI=1S/C21H25FN6O3S/c1-31-12-9-25-20(30)28(14-16-3-5-17(22)6-4-16)21-26-13-18(32-21)19(29)24-7-2-10-27-11-8-23-15-27/h3-6,8,11,13,15H,2,7,9-10,12,14H2,1H3,(H,24,29)(H,25,30). The van der Waals surface area contributed by atoms with Crippen molar-refractivity contribution in [2.75, 3.05) is 31.7 Å².